The van der Waals surface area contributed by atoms with E-state index in [2.05, 4.69) is 80.7 Å². The van der Waals surface area contributed by atoms with Crippen LogP contribution in [0.2, 0.25) is 0 Å². The zero-order chi connectivity index (χ0) is 22.5. The highest BCUT2D eigenvalue weighted by Gasteiger charge is 2.40. The molecule has 166 valence electrons. The molecular formula is C29H34N2O. The molecule has 4 rings (SSSR count). The maximum atomic E-state index is 13.8. The van der Waals surface area contributed by atoms with Gasteiger partial charge >= 0.3 is 0 Å². The number of fused-ring (bicyclic) bond motifs is 1. The number of rotatable bonds is 7. The smallest absolute Gasteiger partial charge is 0.258 e. The summed E-state index contributed by atoms with van der Waals surface area (Å²) in [5, 5.41) is 3.74. The van der Waals surface area contributed by atoms with Gasteiger partial charge in [-0.15, -0.1) is 0 Å². The molecule has 32 heavy (non-hydrogen) atoms. The third-order valence-corrected chi connectivity index (χ3v) is 6.75. The molecule has 0 aromatic heterocycles. The number of amides is 1. The maximum Gasteiger partial charge on any atom is 0.258 e. The number of nitrogens with zero attached hydrogens (tertiary/aromatic N) is 1. The van der Waals surface area contributed by atoms with Crippen molar-refractivity contribution in [2.75, 3.05) is 10.2 Å². The van der Waals surface area contributed by atoms with Crippen molar-refractivity contribution in [3.8, 4) is 0 Å². The van der Waals surface area contributed by atoms with Gasteiger partial charge in [-0.05, 0) is 60.7 Å². The molecule has 0 bridgehead atoms. The van der Waals surface area contributed by atoms with Crippen molar-refractivity contribution >= 4 is 17.3 Å². The third-order valence-electron chi connectivity index (χ3n) is 6.75. The highest BCUT2D eigenvalue weighted by Crippen LogP contribution is 2.43. The number of hydrogen-bond donors (Lipinski definition) is 1. The van der Waals surface area contributed by atoms with Crippen molar-refractivity contribution in [2.45, 2.75) is 58.5 Å². The molecule has 3 aromatic carbocycles. The lowest BCUT2D eigenvalue weighted by Gasteiger charge is -2.45. The molecule has 1 amide bonds. The van der Waals surface area contributed by atoms with E-state index in [9.17, 15) is 4.79 Å². The second-order valence-corrected chi connectivity index (χ2v) is 8.86. The zero-order valence-corrected chi connectivity index (χ0v) is 19.4. The Bertz CT molecular complexity index is 1030. The third kappa shape index (κ3) is 4.43. The molecule has 1 aliphatic heterocycles. The standard InChI is InChI=1S/C29H34N2O/c1-4-6-12-22-17-19-23(20-18-22)29(32)31-26(5-2)21(3)28(25-15-10-11-16-27(25)31)30-24-13-8-7-9-14-24/h7-11,13-21,26,28,30H,4-6,12H2,1-3H3. The predicted molar refractivity (Wildman–Crippen MR) is 134 cm³/mol. The largest absolute Gasteiger partial charge is 0.378 e. The molecule has 0 saturated heterocycles. The first-order chi connectivity index (χ1) is 15.6. The molecule has 3 unspecified atom stereocenters. The number of nitrogens with one attached hydrogen (secondary N) is 1. The van der Waals surface area contributed by atoms with E-state index in [4.69, 9.17) is 0 Å². The van der Waals surface area contributed by atoms with E-state index in [1.54, 1.807) is 0 Å². The Kier molecular flexibility index (Phi) is 6.94. The van der Waals surface area contributed by atoms with Crippen LogP contribution in [-0.2, 0) is 6.42 Å². The molecular weight excluding hydrogens is 392 g/mol. The van der Waals surface area contributed by atoms with Crippen molar-refractivity contribution < 1.29 is 4.79 Å². The monoisotopic (exact) mass is 426 g/mol. The van der Waals surface area contributed by atoms with E-state index in [0.29, 0.717) is 0 Å². The summed E-state index contributed by atoms with van der Waals surface area (Å²) < 4.78 is 0. The number of carbonyl (C=O) groups excluding carboxylic acids is 1. The van der Waals surface area contributed by atoms with Gasteiger partial charge in [0.05, 0.1) is 6.04 Å². The molecule has 1 heterocycles. The molecule has 3 heteroatoms. The highest BCUT2D eigenvalue weighted by molar-refractivity contribution is 6.07. The Labute approximate surface area is 192 Å². The van der Waals surface area contributed by atoms with Crippen molar-refractivity contribution in [3.63, 3.8) is 0 Å². The van der Waals surface area contributed by atoms with Gasteiger partial charge in [0.15, 0.2) is 0 Å². The minimum absolute atomic E-state index is 0.0938. The zero-order valence-electron chi connectivity index (χ0n) is 19.4. The number of anilines is 2. The first-order valence-electron chi connectivity index (χ1n) is 12.0. The van der Waals surface area contributed by atoms with Gasteiger partial charge in [0.25, 0.3) is 5.91 Å². The van der Waals surface area contributed by atoms with Gasteiger partial charge in [-0.3, -0.25) is 4.79 Å². The molecule has 0 aliphatic carbocycles. The van der Waals surface area contributed by atoms with Crippen LogP contribution in [0.5, 0.6) is 0 Å². The van der Waals surface area contributed by atoms with Gasteiger partial charge < -0.3 is 10.2 Å². The van der Waals surface area contributed by atoms with Gasteiger partial charge in [0.1, 0.15) is 0 Å². The fourth-order valence-corrected chi connectivity index (χ4v) is 4.96. The summed E-state index contributed by atoms with van der Waals surface area (Å²) in [4.78, 5) is 15.8. The fourth-order valence-electron chi connectivity index (χ4n) is 4.96. The molecule has 3 aromatic rings. The lowest BCUT2D eigenvalue weighted by molar-refractivity contribution is 0.0960. The minimum atomic E-state index is 0.0938. The minimum Gasteiger partial charge on any atom is -0.378 e. The molecule has 3 nitrogen and oxygen atoms in total. The van der Waals surface area contributed by atoms with Crippen LogP contribution in [0, 0.1) is 5.92 Å². The van der Waals surface area contributed by atoms with Gasteiger partial charge in [-0.2, -0.15) is 0 Å². The Morgan fingerprint density at radius 2 is 1.59 bits per heavy atom. The summed E-state index contributed by atoms with van der Waals surface area (Å²) >= 11 is 0. The van der Waals surface area contributed by atoms with Crippen LogP contribution < -0.4 is 10.2 Å². The molecule has 1 N–H and O–H groups in total. The summed E-state index contributed by atoms with van der Waals surface area (Å²) in [6.07, 6.45) is 4.33. The molecule has 3 atom stereocenters. The van der Waals surface area contributed by atoms with Crippen LogP contribution >= 0.6 is 0 Å². The topological polar surface area (TPSA) is 32.3 Å². The van der Waals surface area contributed by atoms with E-state index in [1.807, 2.05) is 29.2 Å². The summed E-state index contributed by atoms with van der Waals surface area (Å²) in [6.45, 7) is 6.65. The van der Waals surface area contributed by atoms with Gasteiger partial charge in [0.2, 0.25) is 0 Å². The summed E-state index contributed by atoms with van der Waals surface area (Å²) in [5.74, 6) is 0.360. The summed E-state index contributed by atoms with van der Waals surface area (Å²) in [5.41, 5.74) is 5.37. The molecule has 1 aliphatic rings. The van der Waals surface area contributed by atoms with Crippen molar-refractivity contribution in [3.05, 3.63) is 95.6 Å². The van der Waals surface area contributed by atoms with Gasteiger partial charge in [-0.1, -0.05) is 75.7 Å². The predicted octanol–water partition coefficient (Wildman–Crippen LogP) is 7.26. The Hall–Kier alpha value is -3.07. The van der Waals surface area contributed by atoms with Crippen LogP contribution in [0.1, 0.15) is 67.6 Å². The number of hydrogen-bond acceptors (Lipinski definition) is 2. The van der Waals surface area contributed by atoms with Crippen molar-refractivity contribution in [2.24, 2.45) is 5.92 Å². The molecule has 0 spiro atoms. The molecule has 0 fully saturated rings. The van der Waals surface area contributed by atoms with E-state index >= 15 is 0 Å². The average Bonchev–Trinajstić information content (AvgIpc) is 2.84. The summed E-state index contributed by atoms with van der Waals surface area (Å²) in [6, 6.07) is 27.2. The average molecular weight is 427 g/mol. The van der Waals surface area contributed by atoms with E-state index < -0.39 is 0 Å². The van der Waals surface area contributed by atoms with E-state index in [0.717, 1.165) is 29.8 Å². The number of unbranched alkanes of at least 4 members (excludes halogenated alkanes) is 1. The lowest BCUT2D eigenvalue weighted by atomic mass is 9.80. The van der Waals surface area contributed by atoms with Crippen LogP contribution in [0.4, 0.5) is 11.4 Å². The number of aryl methyl sites for hydroxylation is 1. The highest BCUT2D eigenvalue weighted by atomic mass is 16.2. The Morgan fingerprint density at radius 3 is 2.28 bits per heavy atom. The number of para-hydroxylation sites is 2. The van der Waals surface area contributed by atoms with E-state index in [1.165, 1.54) is 24.0 Å². The fraction of sp³-hybridized carbons (Fsp3) is 0.345. The van der Waals surface area contributed by atoms with Gasteiger partial charge in [0, 0.05) is 28.9 Å². The number of carbonyl (C=O) groups is 1. The maximum absolute atomic E-state index is 13.8. The normalized spacial score (nSPS) is 20.0. The van der Waals surface area contributed by atoms with Crippen molar-refractivity contribution in [1.29, 1.82) is 0 Å². The first-order valence-corrected chi connectivity index (χ1v) is 12.0. The molecule has 0 saturated carbocycles. The Balaban J connectivity index is 1.68. The van der Waals surface area contributed by atoms with Gasteiger partial charge in [-0.25, -0.2) is 0 Å². The second kappa shape index (κ2) is 10.0. The lowest BCUT2D eigenvalue weighted by Crippen LogP contribution is -2.50. The quantitative estimate of drug-likeness (QED) is 0.431. The SMILES string of the molecule is CCCCc1ccc(C(=O)N2c3ccccc3C(Nc3ccccc3)C(C)C2CC)cc1. The number of benzene rings is 3. The van der Waals surface area contributed by atoms with Crippen LogP contribution in [0.3, 0.4) is 0 Å². The molecule has 0 radical (unpaired) electrons. The van der Waals surface area contributed by atoms with Crippen molar-refractivity contribution in [1.82, 2.24) is 0 Å². The van der Waals surface area contributed by atoms with Crippen LogP contribution in [0.25, 0.3) is 0 Å². The second-order valence-electron chi connectivity index (χ2n) is 8.86. The summed E-state index contributed by atoms with van der Waals surface area (Å²) in [7, 11) is 0. The van der Waals surface area contributed by atoms with E-state index in [-0.39, 0.29) is 23.9 Å². The first kappa shape index (κ1) is 22.1. The Morgan fingerprint density at radius 1 is 0.906 bits per heavy atom. The van der Waals surface area contributed by atoms with Crippen LogP contribution in [0.15, 0.2) is 78.9 Å². The van der Waals surface area contributed by atoms with Crippen LogP contribution in [-0.4, -0.2) is 11.9 Å².